The first-order valence-corrected chi connectivity index (χ1v) is 8.22. The fraction of sp³-hybridized carbons (Fsp3) is 0.583. The van der Waals surface area contributed by atoms with Crippen LogP contribution in [0.2, 0.25) is 5.28 Å². The predicted octanol–water partition coefficient (Wildman–Crippen LogP) is 1.34. The summed E-state index contributed by atoms with van der Waals surface area (Å²) < 4.78 is 30.9. The number of ether oxygens (including phenoxy) is 1. The van der Waals surface area contributed by atoms with Crippen LogP contribution in [0.25, 0.3) is 0 Å². The highest BCUT2D eigenvalue weighted by Crippen LogP contribution is 2.16. The van der Waals surface area contributed by atoms with Gasteiger partial charge >= 0.3 is 5.97 Å². The van der Waals surface area contributed by atoms with Crippen LogP contribution in [0.15, 0.2) is 17.3 Å². The van der Waals surface area contributed by atoms with Gasteiger partial charge < -0.3 is 4.74 Å². The van der Waals surface area contributed by atoms with E-state index in [-0.39, 0.29) is 35.8 Å². The predicted molar refractivity (Wildman–Crippen MR) is 77.3 cm³/mol. The number of carbonyl (C=O) groups is 1. The highest BCUT2D eigenvalue weighted by molar-refractivity contribution is 7.89. The van der Waals surface area contributed by atoms with E-state index in [0.717, 1.165) is 16.7 Å². The van der Waals surface area contributed by atoms with Gasteiger partial charge in [0.1, 0.15) is 11.4 Å². The molecule has 1 aromatic heterocycles. The molecular weight excluding hydrogens is 318 g/mol. The van der Waals surface area contributed by atoms with Crippen molar-refractivity contribution in [2.75, 3.05) is 19.7 Å². The molecule has 0 spiro atoms. The van der Waals surface area contributed by atoms with Crippen LogP contribution in [-0.2, 0) is 19.6 Å². The molecule has 0 aliphatic heterocycles. The van der Waals surface area contributed by atoms with Crippen LogP contribution in [-0.4, -0.2) is 48.4 Å². The molecule has 0 fully saturated rings. The Kier molecular flexibility index (Phi) is 6.50. The lowest BCUT2D eigenvalue weighted by Gasteiger charge is -2.22. The van der Waals surface area contributed by atoms with E-state index in [1.807, 2.05) is 13.8 Å². The number of halogens is 1. The van der Waals surface area contributed by atoms with E-state index in [2.05, 4.69) is 9.97 Å². The van der Waals surface area contributed by atoms with Gasteiger partial charge in [-0.3, -0.25) is 4.79 Å². The number of esters is 1. The molecule has 0 aliphatic rings. The second-order valence-corrected chi connectivity index (χ2v) is 6.96. The lowest BCUT2D eigenvalue weighted by atomic mass is 10.2. The fourth-order valence-corrected chi connectivity index (χ4v) is 3.13. The van der Waals surface area contributed by atoms with Crippen LogP contribution in [0.4, 0.5) is 0 Å². The summed E-state index contributed by atoms with van der Waals surface area (Å²) in [7, 11) is -3.88. The van der Waals surface area contributed by atoms with Crippen LogP contribution in [0.3, 0.4) is 0 Å². The number of nitrogens with zero attached hydrogens (tertiary/aromatic N) is 3. The third-order valence-corrected chi connectivity index (χ3v) is 4.37. The third-order valence-electron chi connectivity index (χ3n) is 2.41. The summed E-state index contributed by atoms with van der Waals surface area (Å²) in [6, 6.07) is 0. The highest BCUT2D eigenvalue weighted by atomic mass is 35.5. The van der Waals surface area contributed by atoms with Crippen molar-refractivity contribution < 1.29 is 17.9 Å². The molecule has 118 valence electrons. The summed E-state index contributed by atoms with van der Waals surface area (Å²) in [5.74, 6) is -0.556. The van der Waals surface area contributed by atoms with Crippen LogP contribution < -0.4 is 0 Å². The number of carbonyl (C=O) groups excluding carboxylic acids is 1. The van der Waals surface area contributed by atoms with Gasteiger partial charge in [-0.1, -0.05) is 13.8 Å². The van der Waals surface area contributed by atoms with Gasteiger partial charge in [-0.2, -0.15) is 4.31 Å². The zero-order valence-corrected chi connectivity index (χ0v) is 13.7. The van der Waals surface area contributed by atoms with Gasteiger partial charge in [-0.05, 0) is 24.4 Å². The molecule has 0 radical (unpaired) electrons. The number of rotatable bonds is 7. The highest BCUT2D eigenvalue weighted by Gasteiger charge is 2.28. The van der Waals surface area contributed by atoms with Crippen molar-refractivity contribution >= 4 is 27.6 Å². The van der Waals surface area contributed by atoms with Crippen molar-refractivity contribution in [3.63, 3.8) is 0 Å². The second kappa shape index (κ2) is 7.67. The first-order chi connectivity index (χ1) is 9.77. The van der Waals surface area contributed by atoms with Crippen molar-refractivity contribution in [2.45, 2.75) is 25.7 Å². The molecule has 9 heteroatoms. The Bertz CT molecular complexity index is 575. The largest absolute Gasteiger partial charge is 0.465 e. The minimum absolute atomic E-state index is 0.0439. The zero-order valence-electron chi connectivity index (χ0n) is 12.1. The molecule has 1 rings (SSSR count). The average molecular weight is 336 g/mol. The Balaban J connectivity index is 3.05. The Hall–Kier alpha value is -1.25. The molecule has 0 saturated carbocycles. The monoisotopic (exact) mass is 335 g/mol. The average Bonchev–Trinajstić information content (AvgIpc) is 2.38. The number of aromatic nitrogens is 2. The first kappa shape index (κ1) is 17.8. The smallest absolute Gasteiger partial charge is 0.321 e. The van der Waals surface area contributed by atoms with Gasteiger partial charge in [0.15, 0.2) is 0 Å². The van der Waals surface area contributed by atoms with E-state index in [1.165, 1.54) is 0 Å². The minimum atomic E-state index is -3.88. The van der Waals surface area contributed by atoms with E-state index in [0.29, 0.717) is 0 Å². The summed E-state index contributed by atoms with van der Waals surface area (Å²) >= 11 is 5.55. The summed E-state index contributed by atoms with van der Waals surface area (Å²) in [6.45, 7) is 5.39. The Labute approximate surface area is 129 Å². The maximum absolute atomic E-state index is 12.5. The molecule has 0 atom stereocenters. The second-order valence-electron chi connectivity index (χ2n) is 4.68. The molecule has 0 aromatic carbocycles. The summed E-state index contributed by atoms with van der Waals surface area (Å²) in [4.78, 5) is 18.8. The van der Waals surface area contributed by atoms with Gasteiger partial charge in [0, 0.05) is 6.54 Å². The van der Waals surface area contributed by atoms with E-state index >= 15 is 0 Å². The Morgan fingerprint density at radius 1 is 1.38 bits per heavy atom. The lowest BCUT2D eigenvalue weighted by Crippen LogP contribution is -2.39. The van der Waals surface area contributed by atoms with Crippen molar-refractivity contribution in [2.24, 2.45) is 5.92 Å². The molecule has 0 N–H and O–H groups in total. The van der Waals surface area contributed by atoms with E-state index < -0.39 is 16.0 Å². The van der Waals surface area contributed by atoms with Crippen molar-refractivity contribution in [1.29, 1.82) is 0 Å². The van der Waals surface area contributed by atoms with Gasteiger partial charge in [0.25, 0.3) is 0 Å². The van der Waals surface area contributed by atoms with Crippen molar-refractivity contribution in [3.8, 4) is 0 Å². The first-order valence-electron chi connectivity index (χ1n) is 6.40. The molecular formula is C12H18ClN3O4S. The molecule has 0 unspecified atom stereocenters. The molecule has 0 bridgehead atoms. The zero-order chi connectivity index (χ0) is 16.0. The van der Waals surface area contributed by atoms with Crippen molar-refractivity contribution in [3.05, 3.63) is 17.7 Å². The molecule has 0 aliphatic carbocycles. The van der Waals surface area contributed by atoms with E-state index in [9.17, 15) is 13.2 Å². The van der Waals surface area contributed by atoms with Gasteiger partial charge in [-0.25, -0.2) is 18.4 Å². The lowest BCUT2D eigenvalue weighted by molar-refractivity contribution is -0.143. The molecule has 1 aromatic rings. The molecule has 1 heterocycles. The Morgan fingerprint density at radius 3 is 2.43 bits per heavy atom. The van der Waals surface area contributed by atoms with Crippen LogP contribution >= 0.6 is 11.6 Å². The number of hydrogen-bond donors (Lipinski definition) is 0. The summed E-state index contributed by atoms with van der Waals surface area (Å²) in [5, 5.41) is -0.0465. The minimum Gasteiger partial charge on any atom is -0.465 e. The molecule has 7 nitrogen and oxygen atoms in total. The standard InChI is InChI=1S/C12H18ClN3O4S/c1-4-20-11(17)8-16(7-9(2)3)21(18,19)10-5-14-12(13)15-6-10/h5-6,9H,4,7-8H2,1-3H3. The van der Waals surface area contributed by atoms with E-state index in [4.69, 9.17) is 16.3 Å². The fourth-order valence-electron chi connectivity index (χ4n) is 1.59. The molecule has 0 amide bonds. The van der Waals surface area contributed by atoms with Gasteiger partial charge in [0.05, 0.1) is 19.0 Å². The molecule has 21 heavy (non-hydrogen) atoms. The van der Waals surface area contributed by atoms with Crippen molar-refractivity contribution in [1.82, 2.24) is 14.3 Å². The normalized spacial score (nSPS) is 11.9. The molecule has 0 saturated heterocycles. The Morgan fingerprint density at radius 2 is 1.95 bits per heavy atom. The van der Waals surface area contributed by atoms with Crippen LogP contribution in [0, 0.1) is 5.92 Å². The van der Waals surface area contributed by atoms with Gasteiger partial charge in [-0.15, -0.1) is 0 Å². The number of sulfonamides is 1. The van der Waals surface area contributed by atoms with Crippen LogP contribution in [0.1, 0.15) is 20.8 Å². The maximum Gasteiger partial charge on any atom is 0.321 e. The number of hydrogen-bond acceptors (Lipinski definition) is 6. The van der Waals surface area contributed by atoms with Crippen LogP contribution in [0.5, 0.6) is 0 Å². The van der Waals surface area contributed by atoms with E-state index in [1.54, 1.807) is 6.92 Å². The topological polar surface area (TPSA) is 89.5 Å². The summed E-state index contributed by atoms with van der Waals surface area (Å²) in [6.07, 6.45) is 2.23. The SMILES string of the molecule is CCOC(=O)CN(CC(C)C)S(=O)(=O)c1cnc(Cl)nc1. The third kappa shape index (κ3) is 5.22. The van der Waals surface area contributed by atoms with Gasteiger partial charge in [0.2, 0.25) is 15.3 Å². The maximum atomic E-state index is 12.5. The quantitative estimate of drug-likeness (QED) is 0.551. The summed E-state index contributed by atoms with van der Waals surface area (Å²) in [5.41, 5.74) is 0.